The third-order valence-electron chi connectivity index (χ3n) is 2.32. The van der Waals surface area contributed by atoms with Gasteiger partial charge < -0.3 is 4.74 Å². The Hall–Kier alpha value is -1.33. The molecule has 2 nitrogen and oxygen atoms in total. The van der Waals surface area contributed by atoms with Crippen LogP contribution in [0.5, 0.6) is 0 Å². The van der Waals surface area contributed by atoms with Crippen LogP contribution in [0.4, 0.5) is 0 Å². The Morgan fingerprint density at radius 1 is 1.46 bits per heavy atom. The number of hydrogen-bond acceptors (Lipinski definition) is 2. The van der Waals surface area contributed by atoms with Gasteiger partial charge in [-0.3, -0.25) is 0 Å². The minimum Gasteiger partial charge on any atom is -0.374 e. The van der Waals surface area contributed by atoms with Gasteiger partial charge in [0.25, 0.3) is 0 Å². The summed E-state index contributed by atoms with van der Waals surface area (Å²) in [6, 6.07) is 9.80. The van der Waals surface area contributed by atoms with Crippen molar-refractivity contribution in [3.63, 3.8) is 0 Å². The zero-order valence-electron chi connectivity index (χ0n) is 7.36. The fourth-order valence-corrected chi connectivity index (χ4v) is 1.65. The minimum atomic E-state index is 0.216. The molecule has 13 heavy (non-hydrogen) atoms. The van der Waals surface area contributed by atoms with E-state index in [0.29, 0.717) is 5.56 Å². The van der Waals surface area contributed by atoms with Crippen molar-refractivity contribution in [2.45, 2.75) is 18.9 Å². The van der Waals surface area contributed by atoms with Gasteiger partial charge in [-0.15, -0.1) is 0 Å². The molecule has 66 valence electrons. The van der Waals surface area contributed by atoms with Crippen LogP contribution in [0.1, 0.15) is 30.1 Å². The molecule has 1 saturated heterocycles. The van der Waals surface area contributed by atoms with Crippen LogP contribution in [0, 0.1) is 11.3 Å². The van der Waals surface area contributed by atoms with E-state index in [0.717, 1.165) is 25.0 Å². The van der Waals surface area contributed by atoms with Crippen molar-refractivity contribution in [1.29, 1.82) is 5.26 Å². The van der Waals surface area contributed by atoms with Gasteiger partial charge in [0.2, 0.25) is 0 Å². The Morgan fingerprint density at radius 2 is 2.38 bits per heavy atom. The van der Waals surface area contributed by atoms with Crippen molar-refractivity contribution in [1.82, 2.24) is 0 Å². The third-order valence-corrected chi connectivity index (χ3v) is 2.32. The van der Waals surface area contributed by atoms with E-state index in [-0.39, 0.29) is 6.10 Å². The molecule has 1 atom stereocenters. The van der Waals surface area contributed by atoms with Gasteiger partial charge in [0.1, 0.15) is 0 Å². The molecule has 0 saturated carbocycles. The fraction of sp³-hybridized carbons (Fsp3) is 0.364. The van der Waals surface area contributed by atoms with Crippen molar-refractivity contribution in [3.05, 3.63) is 35.4 Å². The van der Waals surface area contributed by atoms with E-state index < -0.39 is 0 Å². The SMILES string of the molecule is N#Cc1cccc(C2CCCO2)c1. The number of benzene rings is 1. The first-order valence-corrected chi connectivity index (χ1v) is 4.52. The fourth-order valence-electron chi connectivity index (χ4n) is 1.65. The first-order chi connectivity index (χ1) is 6.40. The van der Waals surface area contributed by atoms with Crippen LogP contribution in [-0.2, 0) is 4.74 Å². The molecule has 0 aromatic heterocycles. The number of rotatable bonds is 1. The maximum Gasteiger partial charge on any atom is 0.0991 e. The Kier molecular flexibility index (Phi) is 2.29. The van der Waals surface area contributed by atoms with Crippen LogP contribution in [-0.4, -0.2) is 6.61 Å². The molecular weight excluding hydrogens is 162 g/mol. The summed E-state index contributed by atoms with van der Waals surface area (Å²) in [6.45, 7) is 0.849. The topological polar surface area (TPSA) is 33.0 Å². The molecule has 0 N–H and O–H groups in total. The van der Waals surface area contributed by atoms with Crippen LogP contribution in [0.2, 0.25) is 0 Å². The summed E-state index contributed by atoms with van der Waals surface area (Å²) in [5, 5.41) is 8.71. The number of nitriles is 1. The highest BCUT2D eigenvalue weighted by atomic mass is 16.5. The van der Waals surface area contributed by atoms with Crippen LogP contribution >= 0.6 is 0 Å². The van der Waals surface area contributed by atoms with Gasteiger partial charge >= 0.3 is 0 Å². The molecule has 1 aromatic rings. The predicted molar refractivity (Wildman–Crippen MR) is 49.1 cm³/mol. The lowest BCUT2D eigenvalue weighted by Gasteiger charge is -2.08. The lowest BCUT2D eigenvalue weighted by molar-refractivity contribution is 0.112. The second-order valence-corrected chi connectivity index (χ2v) is 3.24. The molecule has 0 amide bonds. The zero-order chi connectivity index (χ0) is 9.10. The lowest BCUT2D eigenvalue weighted by Crippen LogP contribution is -1.95. The van der Waals surface area contributed by atoms with Gasteiger partial charge in [-0.25, -0.2) is 0 Å². The molecule has 0 radical (unpaired) electrons. The summed E-state index contributed by atoms with van der Waals surface area (Å²) in [6.07, 6.45) is 2.42. The Morgan fingerprint density at radius 3 is 3.08 bits per heavy atom. The molecule has 1 fully saturated rings. The van der Waals surface area contributed by atoms with Crippen LogP contribution in [0.25, 0.3) is 0 Å². The van der Waals surface area contributed by atoms with E-state index in [1.165, 1.54) is 0 Å². The van der Waals surface area contributed by atoms with Crippen LogP contribution in [0.15, 0.2) is 24.3 Å². The van der Waals surface area contributed by atoms with E-state index in [2.05, 4.69) is 6.07 Å². The summed E-state index contributed by atoms with van der Waals surface area (Å²) >= 11 is 0. The molecule has 1 aromatic carbocycles. The molecule has 2 heteroatoms. The molecule has 2 rings (SSSR count). The monoisotopic (exact) mass is 173 g/mol. The molecular formula is C11H11NO. The normalized spacial score (nSPS) is 21.3. The van der Waals surface area contributed by atoms with Gasteiger partial charge in [0.05, 0.1) is 17.7 Å². The molecule has 1 aliphatic rings. The van der Waals surface area contributed by atoms with Crippen molar-refractivity contribution in [2.24, 2.45) is 0 Å². The number of hydrogen-bond donors (Lipinski definition) is 0. The lowest BCUT2D eigenvalue weighted by atomic mass is 10.0. The van der Waals surface area contributed by atoms with Crippen LogP contribution < -0.4 is 0 Å². The van der Waals surface area contributed by atoms with E-state index >= 15 is 0 Å². The second kappa shape index (κ2) is 3.59. The van der Waals surface area contributed by atoms with Crippen molar-refractivity contribution in [2.75, 3.05) is 6.61 Å². The molecule has 1 aliphatic heterocycles. The Bertz CT molecular complexity index is 334. The third kappa shape index (κ3) is 1.71. The maximum absolute atomic E-state index is 8.71. The van der Waals surface area contributed by atoms with Gasteiger partial charge in [-0.2, -0.15) is 5.26 Å². The van der Waals surface area contributed by atoms with Gasteiger partial charge in [-0.1, -0.05) is 12.1 Å². The molecule has 1 unspecified atom stereocenters. The summed E-state index contributed by atoms with van der Waals surface area (Å²) in [7, 11) is 0. The van der Waals surface area contributed by atoms with Crippen LogP contribution in [0.3, 0.4) is 0 Å². The largest absolute Gasteiger partial charge is 0.374 e. The van der Waals surface area contributed by atoms with Crippen molar-refractivity contribution >= 4 is 0 Å². The number of ether oxygens (including phenoxy) is 1. The highest BCUT2D eigenvalue weighted by molar-refractivity contribution is 5.33. The molecule has 0 spiro atoms. The molecule has 1 heterocycles. The quantitative estimate of drug-likeness (QED) is 0.653. The van der Waals surface area contributed by atoms with Gasteiger partial charge in [0, 0.05) is 6.61 Å². The molecule has 0 aliphatic carbocycles. The smallest absolute Gasteiger partial charge is 0.0991 e. The summed E-state index contributed by atoms with van der Waals surface area (Å²) in [5.41, 5.74) is 1.85. The minimum absolute atomic E-state index is 0.216. The predicted octanol–water partition coefficient (Wildman–Crippen LogP) is 2.41. The van der Waals surface area contributed by atoms with E-state index in [1.54, 1.807) is 0 Å². The van der Waals surface area contributed by atoms with Crippen molar-refractivity contribution in [3.8, 4) is 6.07 Å². The highest BCUT2D eigenvalue weighted by Crippen LogP contribution is 2.28. The standard InChI is InChI=1S/C11H11NO/c12-8-9-3-1-4-10(7-9)11-5-2-6-13-11/h1,3-4,7,11H,2,5-6H2. The summed E-state index contributed by atoms with van der Waals surface area (Å²) in [4.78, 5) is 0. The van der Waals surface area contributed by atoms with Crippen molar-refractivity contribution < 1.29 is 4.74 Å². The Labute approximate surface area is 77.8 Å². The average molecular weight is 173 g/mol. The zero-order valence-corrected chi connectivity index (χ0v) is 7.36. The highest BCUT2D eigenvalue weighted by Gasteiger charge is 2.17. The summed E-state index contributed by atoms with van der Waals surface area (Å²) in [5.74, 6) is 0. The average Bonchev–Trinajstić information content (AvgIpc) is 2.71. The molecule has 0 bridgehead atoms. The maximum atomic E-state index is 8.71. The summed E-state index contributed by atoms with van der Waals surface area (Å²) < 4.78 is 5.53. The van der Waals surface area contributed by atoms with Gasteiger partial charge in [0.15, 0.2) is 0 Å². The van der Waals surface area contributed by atoms with Gasteiger partial charge in [-0.05, 0) is 30.5 Å². The Balaban J connectivity index is 2.25. The number of nitrogens with zero attached hydrogens (tertiary/aromatic N) is 1. The van der Waals surface area contributed by atoms with E-state index in [1.807, 2.05) is 24.3 Å². The second-order valence-electron chi connectivity index (χ2n) is 3.24. The first-order valence-electron chi connectivity index (χ1n) is 4.52. The van der Waals surface area contributed by atoms with E-state index in [4.69, 9.17) is 10.00 Å². The van der Waals surface area contributed by atoms with E-state index in [9.17, 15) is 0 Å². The first kappa shape index (κ1) is 8.28.